The van der Waals surface area contributed by atoms with Crippen molar-refractivity contribution in [2.75, 3.05) is 0 Å². The third-order valence-corrected chi connectivity index (χ3v) is 7.06. The molecule has 0 spiro atoms. The molecule has 2 saturated carbocycles. The molecule has 2 rings (SSSR count). The van der Waals surface area contributed by atoms with Gasteiger partial charge in [-0.15, -0.1) is 0 Å². The number of rotatable bonds is 10. The summed E-state index contributed by atoms with van der Waals surface area (Å²) in [6, 6.07) is 2.60. The van der Waals surface area contributed by atoms with Gasteiger partial charge in [-0.05, 0) is 63.7 Å². The fraction of sp³-hybridized carbons (Fsp3) is 0.917. The van der Waals surface area contributed by atoms with Crippen LogP contribution in [0.15, 0.2) is 0 Å². The number of nitriles is 1. The van der Waals surface area contributed by atoms with Gasteiger partial charge >= 0.3 is 5.97 Å². The Bertz CT molecular complexity index is 465. The molecule has 0 N–H and O–H groups in total. The zero-order valence-electron chi connectivity index (χ0n) is 17.8. The Morgan fingerprint density at radius 1 is 0.963 bits per heavy atom. The Hall–Kier alpha value is -1.04. The summed E-state index contributed by atoms with van der Waals surface area (Å²) in [4.78, 5) is 12.6. The molecule has 2 aliphatic carbocycles. The summed E-state index contributed by atoms with van der Waals surface area (Å²) in [5.41, 5.74) is -0.179. The minimum atomic E-state index is -0.179. The standard InChI is InChI=1S/C24H41NO2/c1-3-5-7-8-16-24(19-25)17-14-21(15-18-24)23(26)27-22-12-10-20(11-13-22)9-6-4-2/h20-22H,3-18H2,1-2H3/t20-,21-,22-,24+. The van der Waals surface area contributed by atoms with Gasteiger partial charge in [0.05, 0.1) is 17.4 Å². The van der Waals surface area contributed by atoms with E-state index in [1.807, 2.05) is 0 Å². The van der Waals surface area contributed by atoms with Gasteiger partial charge in [0, 0.05) is 0 Å². The van der Waals surface area contributed by atoms with Crippen LogP contribution in [-0.4, -0.2) is 12.1 Å². The van der Waals surface area contributed by atoms with Gasteiger partial charge in [0.2, 0.25) is 0 Å². The minimum absolute atomic E-state index is 0.0181. The molecule has 2 aliphatic rings. The molecule has 0 heterocycles. The molecule has 2 fully saturated rings. The van der Waals surface area contributed by atoms with Crippen LogP contribution < -0.4 is 0 Å². The molecule has 0 unspecified atom stereocenters. The van der Waals surface area contributed by atoms with E-state index < -0.39 is 0 Å². The van der Waals surface area contributed by atoms with Crippen molar-refractivity contribution in [1.82, 2.24) is 0 Å². The van der Waals surface area contributed by atoms with Crippen molar-refractivity contribution in [3.63, 3.8) is 0 Å². The quantitative estimate of drug-likeness (QED) is 0.306. The number of hydrogen-bond donors (Lipinski definition) is 0. The van der Waals surface area contributed by atoms with Crippen LogP contribution in [0.3, 0.4) is 0 Å². The molecule has 0 bridgehead atoms. The SMILES string of the molecule is CCCCCC[C@]1(C#N)CC[C@@H](C(=O)O[C@H]2CC[C@H](CCCC)CC2)CC1. The number of ether oxygens (including phenoxy) is 1. The first-order valence-corrected chi connectivity index (χ1v) is 11.7. The second kappa shape index (κ2) is 11.7. The average Bonchev–Trinajstić information content (AvgIpc) is 2.71. The summed E-state index contributed by atoms with van der Waals surface area (Å²) >= 11 is 0. The summed E-state index contributed by atoms with van der Waals surface area (Å²) in [5, 5.41) is 9.70. The Morgan fingerprint density at radius 2 is 1.63 bits per heavy atom. The molecule has 154 valence electrons. The van der Waals surface area contributed by atoms with Gasteiger partial charge < -0.3 is 4.74 Å². The van der Waals surface area contributed by atoms with E-state index in [0.717, 1.165) is 57.3 Å². The predicted octanol–water partition coefficient (Wildman–Crippen LogP) is 6.95. The fourth-order valence-electron chi connectivity index (χ4n) is 5.01. The fourth-order valence-corrected chi connectivity index (χ4v) is 5.01. The first-order valence-electron chi connectivity index (χ1n) is 11.7. The first-order chi connectivity index (χ1) is 13.1. The number of unbranched alkanes of at least 4 members (excludes halogenated alkanes) is 4. The molecule has 0 aromatic rings. The van der Waals surface area contributed by atoms with Crippen LogP contribution in [0.5, 0.6) is 0 Å². The summed E-state index contributed by atoms with van der Waals surface area (Å²) < 4.78 is 5.88. The Kier molecular flexibility index (Phi) is 9.66. The van der Waals surface area contributed by atoms with E-state index in [0.29, 0.717) is 0 Å². The van der Waals surface area contributed by atoms with Crippen LogP contribution in [0.25, 0.3) is 0 Å². The third kappa shape index (κ3) is 7.13. The van der Waals surface area contributed by atoms with E-state index in [2.05, 4.69) is 19.9 Å². The van der Waals surface area contributed by atoms with Crippen molar-refractivity contribution in [3.8, 4) is 6.07 Å². The van der Waals surface area contributed by atoms with Crippen LogP contribution in [0.2, 0.25) is 0 Å². The highest BCUT2D eigenvalue weighted by Crippen LogP contribution is 2.43. The lowest BCUT2D eigenvalue weighted by Crippen LogP contribution is -2.33. The first kappa shape index (κ1) is 22.3. The maximum atomic E-state index is 12.6. The third-order valence-electron chi connectivity index (χ3n) is 7.06. The number of carbonyl (C=O) groups is 1. The van der Waals surface area contributed by atoms with Crippen LogP contribution >= 0.6 is 0 Å². The molecular formula is C24H41NO2. The van der Waals surface area contributed by atoms with E-state index in [9.17, 15) is 10.1 Å². The van der Waals surface area contributed by atoms with Crippen molar-refractivity contribution < 1.29 is 9.53 Å². The van der Waals surface area contributed by atoms with Crippen LogP contribution in [0, 0.1) is 28.6 Å². The largest absolute Gasteiger partial charge is 0.462 e. The van der Waals surface area contributed by atoms with E-state index in [4.69, 9.17) is 4.74 Å². The Morgan fingerprint density at radius 3 is 2.22 bits per heavy atom. The highest BCUT2D eigenvalue weighted by Gasteiger charge is 2.38. The smallest absolute Gasteiger partial charge is 0.309 e. The van der Waals surface area contributed by atoms with Gasteiger partial charge in [0.15, 0.2) is 0 Å². The Balaban J connectivity index is 1.69. The van der Waals surface area contributed by atoms with Crippen molar-refractivity contribution in [1.29, 1.82) is 5.26 Å². The molecule has 0 radical (unpaired) electrons. The molecule has 0 aromatic carbocycles. The summed E-state index contributed by atoms with van der Waals surface area (Å²) in [7, 11) is 0. The molecule has 0 amide bonds. The van der Waals surface area contributed by atoms with Crippen molar-refractivity contribution in [2.45, 2.75) is 123 Å². The highest BCUT2D eigenvalue weighted by atomic mass is 16.5. The summed E-state index contributed by atoms with van der Waals surface area (Å²) in [6.07, 6.45) is 17.9. The predicted molar refractivity (Wildman–Crippen MR) is 110 cm³/mol. The molecular weight excluding hydrogens is 334 g/mol. The monoisotopic (exact) mass is 375 g/mol. The van der Waals surface area contributed by atoms with E-state index in [-0.39, 0.29) is 23.4 Å². The molecule has 3 nitrogen and oxygen atoms in total. The molecule has 3 heteroatoms. The second-order valence-corrected chi connectivity index (χ2v) is 9.20. The maximum Gasteiger partial charge on any atom is 0.309 e. The van der Waals surface area contributed by atoms with Gasteiger partial charge in [0.25, 0.3) is 0 Å². The topological polar surface area (TPSA) is 50.1 Å². The normalized spacial score (nSPS) is 31.2. The van der Waals surface area contributed by atoms with Gasteiger partial charge in [-0.3, -0.25) is 4.79 Å². The number of carbonyl (C=O) groups excluding carboxylic acids is 1. The lowest BCUT2D eigenvalue weighted by molar-refractivity contribution is -0.157. The summed E-state index contributed by atoms with van der Waals surface area (Å²) in [5.74, 6) is 0.892. The van der Waals surface area contributed by atoms with E-state index in [1.165, 1.54) is 51.4 Å². The summed E-state index contributed by atoms with van der Waals surface area (Å²) in [6.45, 7) is 4.47. The van der Waals surface area contributed by atoms with E-state index in [1.54, 1.807) is 0 Å². The molecule has 0 aromatic heterocycles. The minimum Gasteiger partial charge on any atom is -0.462 e. The van der Waals surface area contributed by atoms with Crippen LogP contribution in [0.1, 0.15) is 117 Å². The second-order valence-electron chi connectivity index (χ2n) is 9.20. The zero-order chi connectivity index (χ0) is 19.5. The van der Waals surface area contributed by atoms with E-state index >= 15 is 0 Å². The van der Waals surface area contributed by atoms with Crippen molar-refractivity contribution >= 4 is 5.97 Å². The molecule has 0 atom stereocenters. The molecule has 0 saturated heterocycles. The number of esters is 1. The van der Waals surface area contributed by atoms with Crippen molar-refractivity contribution in [2.24, 2.45) is 17.3 Å². The van der Waals surface area contributed by atoms with Gasteiger partial charge in [0.1, 0.15) is 6.10 Å². The highest BCUT2D eigenvalue weighted by molar-refractivity contribution is 5.72. The average molecular weight is 376 g/mol. The maximum absolute atomic E-state index is 12.6. The lowest BCUT2D eigenvalue weighted by Gasteiger charge is -2.35. The van der Waals surface area contributed by atoms with Gasteiger partial charge in [-0.25, -0.2) is 0 Å². The Labute approximate surface area is 167 Å². The van der Waals surface area contributed by atoms with Gasteiger partial charge in [-0.1, -0.05) is 58.8 Å². The van der Waals surface area contributed by atoms with Crippen molar-refractivity contribution in [3.05, 3.63) is 0 Å². The number of nitrogens with zero attached hydrogens (tertiary/aromatic N) is 1. The molecule has 27 heavy (non-hydrogen) atoms. The van der Waals surface area contributed by atoms with Gasteiger partial charge in [-0.2, -0.15) is 5.26 Å². The number of hydrogen-bond acceptors (Lipinski definition) is 3. The lowest BCUT2D eigenvalue weighted by atomic mass is 9.69. The molecule has 0 aliphatic heterocycles. The van der Waals surface area contributed by atoms with Crippen LogP contribution in [0.4, 0.5) is 0 Å². The van der Waals surface area contributed by atoms with Crippen LogP contribution in [-0.2, 0) is 9.53 Å². The zero-order valence-corrected chi connectivity index (χ0v) is 17.8.